The van der Waals surface area contributed by atoms with Crippen molar-refractivity contribution in [2.24, 2.45) is 0 Å². The monoisotopic (exact) mass is 457 g/mol. The van der Waals surface area contributed by atoms with Crippen LogP contribution in [0.3, 0.4) is 0 Å². The maximum atomic E-state index is 12.3. The maximum Gasteiger partial charge on any atom is 0.442 e. The Bertz CT molecular complexity index is 824. The first kappa shape index (κ1) is 25.0. The Morgan fingerprint density at radius 1 is 1.14 bits per heavy atom. The number of thioether (sulfide) groups is 1. The Morgan fingerprint density at radius 3 is 2.38 bits per heavy atom. The molecule has 0 fully saturated rings. The zero-order valence-electron chi connectivity index (χ0n) is 15.9. The highest BCUT2D eigenvalue weighted by molar-refractivity contribution is 8.00. The largest absolute Gasteiger partial charge is 0.444 e. The smallest absolute Gasteiger partial charge is 0.442 e. The molecule has 0 radical (unpaired) electrons. The SMILES string of the molecule is CC(C)(C)OC(=O)NCCNS(=O)(=O)c1cccc(NC(=O)CSC(F)(F)F)c1. The maximum absolute atomic E-state index is 12.3. The van der Waals surface area contributed by atoms with E-state index in [9.17, 15) is 31.2 Å². The molecule has 0 atom stereocenters. The van der Waals surface area contributed by atoms with Crippen LogP contribution in [-0.4, -0.2) is 50.4 Å². The van der Waals surface area contributed by atoms with Gasteiger partial charge in [0.05, 0.1) is 10.6 Å². The van der Waals surface area contributed by atoms with Gasteiger partial charge in [-0.15, -0.1) is 0 Å². The van der Waals surface area contributed by atoms with Gasteiger partial charge in [-0.3, -0.25) is 4.79 Å². The lowest BCUT2D eigenvalue weighted by atomic mass is 10.2. The van der Waals surface area contributed by atoms with Crippen LogP contribution in [0.1, 0.15) is 20.8 Å². The van der Waals surface area contributed by atoms with Gasteiger partial charge in [0.15, 0.2) is 0 Å². The Hall–Kier alpha value is -1.99. The number of rotatable bonds is 8. The fourth-order valence-electron chi connectivity index (χ4n) is 1.83. The number of hydrogen-bond acceptors (Lipinski definition) is 6. The number of alkyl halides is 3. The van der Waals surface area contributed by atoms with Crippen molar-refractivity contribution in [2.45, 2.75) is 36.8 Å². The Labute approximate surface area is 171 Å². The highest BCUT2D eigenvalue weighted by Gasteiger charge is 2.29. The normalized spacial score (nSPS) is 12.3. The van der Waals surface area contributed by atoms with Gasteiger partial charge in [0.25, 0.3) is 0 Å². The minimum Gasteiger partial charge on any atom is -0.444 e. The molecule has 0 aliphatic carbocycles. The van der Waals surface area contributed by atoms with Crippen molar-refractivity contribution in [2.75, 3.05) is 24.2 Å². The Balaban J connectivity index is 2.58. The number of carbonyl (C=O) groups is 2. The summed E-state index contributed by atoms with van der Waals surface area (Å²) in [4.78, 5) is 22.8. The standard InChI is InChI=1S/C16H22F3N3O5S2/c1-15(2,3)27-14(24)20-7-8-21-29(25,26)12-6-4-5-11(9-12)22-13(23)10-28-16(17,18)19/h4-6,9,21H,7-8,10H2,1-3H3,(H,20,24)(H,22,23). The predicted octanol–water partition coefficient (Wildman–Crippen LogP) is 2.68. The quantitative estimate of drug-likeness (QED) is 0.518. The summed E-state index contributed by atoms with van der Waals surface area (Å²) in [5.41, 5.74) is -5.19. The molecule has 0 spiro atoms. The van der Waals surface area contributed by atoms with Gasteiger partial charge in [0.1, 0.15) is 5.60 Å². The number of nitrogens with one attached hydrogen (secondary N) is 3. The first-order chi connectivity index (χ1) is 13.2. The number of ether oxygens (including phenoxy) is 1. The summed E-state index contributed by atoms with van der Waals surface area (Å²) in [6.45, 7) is 4.90. The fourth-order valence-corrected chi connectivity index (χ4v) is 3.28. The molecule has 1 aromatic carbocycles. The summed E-state index contributed by atoms with van der Waals surface area (Å²) in [5.74, 6) is -1.77. The zero-order valence-corrected chi connectivity index (χ0v) is 17.6. The summed E-state index contributed by atoms with van der Waals surface area (Å²) >= 11 is -0.498. The summed E-state index contributed by atoms with van der Waals surface area (Å²) in [6, 6.07) is 5.04. The van der Waals surface area contributed by atoms with Gasteiger partial charge in [-0.05, 0) is 50.7 Å². The molecular weight excluding hydrogens is 435 g/mol. The van der Waals surface area contributed by atoms with Crippen LogP contribution in [0.5, 0.6) is 0 Å². The van der Waals surface area contributed by atoms with Crippen LogP contribution < -0.4 is 15.4 Å². The molecule has 0 aliphatic heterocycles. The Kier molecular flexibility index (Phi) is 8.78. The van der Waals surface area contributed by atoms with Crippen LogP contribution in [0, 0.1) is 0 Å². The summed E-state index contributed by atoms with van der Waals surface area (Å²) in [6.07, 6.45) is -0.696. The van der Waals surface area contributed by atoms with Gasteiger partial charge < -0.3 is 15.4 Å². The van der Waals surface area contributed by atoms with E-state index in [2.05, 4.69) is 15.4 Å². The Morgan fingerprint density at radius 2 is 1.79 bits per heavy atom. The minimum atomic E-state index is -4.54. The molecule has 29 heavy (non-hydrogen) atoms. The van der Waals surface area contributed by atoms with E-state index in [0.29, 0.717) is 0 Å². The third-order valence-corrected chi connectivity index (χ3v) is 5.07. The van der Waals surface area contributed by atoms with Crippen molar-refractivity contribution in [3.8, 4) is 0 Å². The number of sulfonamides is 1. The highest BCUT2D eigenvalue weighted by Crippen LogP contribution is 2.30. The lowest BCUT2D eigenvalue weighted by molar-refractivity contribution is -0.114. The number of amides is 2. The number of benzene rings is 1. The second kappa shape index (κ2) is 10.2. The van der Waals surface area contributed by atoms with Crippen LogP contribution >= 0.6 is 11.8 Å². The highest BCUT2D eigenvalue weighted by atomic mass is 32.2. The van der Waals surface area contributed by atoms with Crippen molar-refractivity contribution < 1.29 is 35.9 Å². The molecular formula is C16H22F3N3O5S2. The average molecular weight is 457 g/mol. The van der Waals surface area contributed by atoms with E-state index in [1.807, 2.05) is 0 Å². The third kappa shape index (κ3) is 10.9. The van der Waals surface area contributed by atoms with Crippen LogP contribution in [-0.2, 0) is 19.6 Å². The van der Waals surface area contributed by atoms with Crippen molar-refractivity contribution in [3.05, 3.63) is 24.3 Å². The lowest BCUT2D eigenvalue weighted by Crippen LogP contribution is -2.37. The molecule has 8 nitrogen and oxygen atoms in total. The molecule has 1 aromatic rings. The fraction of sp³-hybridized carbons (Fsp3) is 0.500. The first-order valence-corrected chi connectivity index (χ1v) is 10.7. The molecule has 0 unspecified atom stereocenters. The van der Waals surface area contributed by atoms with Crippen molar-refractivity contribution >= 4 is 39.5 Å². The van der Waals surface area contributed by atoms with Crippen molar-refractivity contribution in [1.29, 1.82) is 0 Å². The van der Waals surface area contributed by atoms with Gasteiger partial charge in [-0.2, -0.15) is 13.2 Å². The first-order valence-electron chi connectivity index (χ1n) is 8.25. The van der Waals surface area contributed by atoms with E-state index in [0.717, 1.165) is 6.07 Å². The summed E-state index contributed by atoms with van der Waals surface area (Å²) in [7, 11) is -3.97. The predicted molar refractivity (Wildman–Crippen MR) is 103 cm³/mol. The molecule has 0 heterocycles. The second-order valence-corrected chi connectivity index (χ2v) is 9.44. The molecule has 0 bridgehead atoms. The molecule has 1 rings (SSSR count). The van der Waals surface area contributed by atoms with E-state index < -0.39 is 50.6 Å². The average Bonchev–Trinajstić information content (AvgIpc) is 2.55. The molecule has 3 N–H and O–H groups in total. The number of halogens is 3. The van der Waals surface area contributed by atoms with E-state index in [-0.39, 0.29) is 23.7 Å². The molecule has 0 saturated heterocycles. The molecule has 0 aliphatic rings. The molecule has 2 amide bonds. The second-order valence-electron chi connectivity index (χ2n) is 6.64. The molecule has 0 saturated carbocycles. The molecule has 13 heteroatoms. The number of hydrogen-bond donors (Lipinski definition) is 3. The van der Waals surface area contributed by atoms with Crippen molar-refractivity contribution in [3.63, 3.8) is 0 Å². The number of carbonyl (C=O) groups excluding carboxylic acids is 2. The minimum absolute atomic E-state index is 0.0285. The zero-order chi connectivity index (χ0) is 22.3. The van der Waals surface area contributed by atoms with Crippen LogP contribution in [0.4, 0.5) is 23.7 Å². The van der Waals surface area contributed by atoms with E-state index in [4.69, 9.17) is 4.74 Å². The van der Waals surface area contributed by atoms with Gasteiger partial charge >= 0.3 is 11.6 Å². The van der Waals surface area contributed by atoms with E-state index in [1.54, 1.807) is 20.8 Å². The van der Waals surface area contributed by atoms with Crippen LogP contribution in [0.15, 0.2) is 29.2 Å². The van der Waals surface area contributed by atoms with E-state index in [1.165, 1.54) is 18.2 Å². The molecule has 164 valence electrons. The van der Waals surface area contributed by atoms with Crippen LogP contribution in [0.25, 0.3) is 0 Å². The number of alkyl carbamates (subject to hydrolysis) is 1. The van der Waals surface area contributed by atoms with E-state index >= 15 is 0 Å². The topological polar surface area (TPSA) is 114 Å². The van der Waals surface area contributed by atoms with Gasteiger partial charge in [-0.25, -0.2) is 17.9 Å². The van der Waals surface area contributed by atoms with Crippen LogP contribution in [0.2, 0.25) is 0 Å². The third-order valence-electron chi connectivity index (χ3n) is 2.88. The molecule has 0 aromatic heterocycles. The van der Waals surface area contributed by atoms with Gasteiger partial charge in [0.2, 0.25) is 15.9 Å². The van der Waals surface area contributed by atoms with Gasteiger partial charge in [-0.1, -0.05) is 6.07 Å². The van der Waals surface area contributed by atoms with Gasteiger partial charge in [0, 0.05) is 18.8 Å². The van der Waals surface area contributed by atoms with Crippen molar-refractivity contribution in [1.82, 2.24) is 10.0 Å². The lowest BCUT2D eigenvalue weighted by Gasteiger charge is -2.19. The number of anilines is 1. The summed E-state index contributed by atoms with van der Waals surface area (Å²) in [5, 5.41) is 4.59. The summed E-state index contributed by atoms with van der Waals surface area (Å²) < 4.78 is 68.2.